The van der Waals surface area contributed by atoms with Gasteiger partial charge >= 0.3 is 6.03 Å². The number of amides is 4. The van der Waals surface area contributed by atoms with Crippen molar-refractivity contribution in [2.75, 3.05) is 11.9 Å². The molecule has 39 heavy (non-hydrogen) atoms. The van der Waals surface area contributed by atoms with Crippen LogP contribution in [0.25, 0.3) is 16.8 Å². The van der Waals surface area contributed by atoms with Crippen LogP contribution >= 0.6 is 45.2 Å². The maximum atomic E-state index is 13.8. The van der Waals surface area contributed by atoms with Crippen LogP contribution in [0.4, 0.5) is 14.9 Å². The number of hydrogen-bond acceptors (Lipinski definition) is 4. The predicted octanol–water partition coefficient (Wildman–Crippen LogP) is 6.30. The Morgan fingerprint density at radius 3 is 2.44 bits per heavy atom. The minimum Gasteiger partial charge on any atom is -0.487 e. The minimum atomic E-state index is -0.727. The van der Waals surface area contributed by atoms with Gasteiger partial charge in [0.2, 0.25) is 5.91 Å². The summed E-state index contributed by atoms with van der Waals surface area (Å²) in [5, 5.41) is 7.16. The van der Waals surface area contributed by atoms with Crippen LogP contribution in [0.5, 0.6) is 5.75 Å². The van der Waals surface area contributed by atoms with E-state index in [1.807, 2.05) is 36.4 Å². The molecule has 7 nitrogen and oxygen atoms in total. The maximum absolute atomic E-state index is 13.8. The second-order valence-corrected chi connectivity index (χ2v) is 11.0. The number of nitrogens with zero attached hydrogens (tertiary/aromatic N) is 1. The van der Waals surface area contributed by atoms with Crippen LogP contribution < -0.4 is 15.4 Å². The summed E-state index contributed by atoms with van der Waals surface area (Å²) < 4.78 is 21.7. The molecule has 0 aromatic heterocycles. The van der Waals surface area contributed by atoms with E-state index in [0.717, 1.165) is 34.1 Å². The Hall–Kier alpha value is -3.52. The van der Waals surface area contributed by atoms with Crippen molar-refractivity contribution in [1.29, 1.82) is 0 Å². The Morgan fingerprint density at radius 2 is 1.67 bits per heavy atom. The predicted molar refractivity (Wildman–Crippen MR) is 163 cm³/mol. The molecule has 1 heterocycles. The number of urea groups is 1. The Labute approximate surface area is 250 Å². The molecule has 10 heteroatoms. The largest absolute Gasteiger partial charge is 0.487 e. The van der Waals surface area contributed by atoms with Crippen LogP contribution in [0.1, 0.15) is 11.1 Å². The highest BCUT2D eigenvalue weighted by Gasteiger charge is 2.35. The first-order valence-corrected chi connectivity index (χ1v) is 13.9. The number of ether oxygens (including phenoxy) is 1. The fraction of sp³-hybridized carbons (Fsp3) is 0.0690. The van der Waals surface area contributed by atoms with Crippen molar-refractivity contribution in [3.63, 3.8) is 0 Å². The molecule has 0 atom stereocenters. The molecule has 196 valence electrons. The van der Waals surface area contributed by atoms with Gasteiger partial charge in [0.15, 0.2) is 0 Å². The van der Waals surface area contributed by atoms with Gasteiger partial charge in [-0.05, 0) is 97.4 Å². The van der Waals surface area contributed by atoms with Crippen molar-refractivity contribution in [3.05, 3.63) is 109 Å². The molecule has 1 fully saturated rings. The lowest BCUT2D eigenvalue weighted by molar-refractivity contribution is -0.127. The van der Waals surface area contributed by atoms with Crippen molar-refractivity contribution >= 4 is 85.6 Å². The van der Waals surface area contributed by atoms with E-state index in [1.54, 1.807) is 12.1 Å². The third kappa shape index (κ3) is 6.06. The Kier molecular flexibility index (Phi) is 8.12. The molecule has 4 aromatic rings. The molecule has 5 rings (SSSR count). The van der Waals surface area contributed by atoms with Gasteiger partial charge in [-0.2, -0.15) is 0 Å². The highest BCUT2D eigenvalue weighted by Crippen LogP contribution is 2.31. The van der Waals surface area contributed by atoms with Crippen molar-refractivity contribution < 1.29 is 23.5 Å². The number of nitrogens with one attached hydrogen (secondary N) is 2. The monoisotopic (exact) mass is 747 g/mol. The molecule has 0 spiro atoms. The van der Waals surface area contributed by atoms with Crippen molar-refractivity contribution in [2.45, 2.75) is 6.61 Å². The van der Waals surface area contributed by atoms with Gasteiger partial charge in [-0.25, -0.2) is 14.1 Å². The smallest absolute Gasteiger partial charge is 0.329 e. The summed E-state index contributed by atoms with van der Waals surface area (Å²) in [4.78, 5) is 38.4. The van der Waals surface area contributed by atoms with E-state index in [1.165, 1.54) is 18.2 Å². The number of carbonyl (C=O) groups excluding carboxylic acids is 3. The summed E-state index contributed by atoms with van der Waals surface area (Å²) in [7, 11) is 0. The summed E-state index contributed by atoms with van der Waals surface area (Å²) in [5.41, 5.74) is 1.76. The summed E-state index contributed by atoms with van der Waals surface area (Å²) in [6.45, 7) is -0.154. The van der Waals surface area contributed by atoms with E-state index < -0.39 is 30.2 Å². The average molecular weight is 747 g/mol. The molecule has 1 aliphatic rings. The van der Waals surface area contributed by atoms with E-state index in [9.17, 15) is 18.8 Å². The van der Waals surface area contributed by atoms with Gasteiger partial charge in [0.05, 0.1) is 12.8 Å². The zero-order valence-electron chi connectivity index (χ0n) is 20.2. The second kappa shape index (κ2) is 11.7. The van der Waals surface area contributed by atoms with Gasteiger partial charge in [-0.1, -0.05) is 54.6 Å². The molecule has 0 bridgehead atoms. The van der Waals surface area contributed by atoms with Crippen LogP contribution in [0.3, 0.4) is 0 Å². The zero-order chi connectivity index (χ0) is 27.5. The number of hydrogen-bond donors (Lipinski definition) is 2. The quantitative estimate of drug-likeness (QED) is 0.132. The fourth-order valence-electron chi connectivity index (χ4n) is 4.15. The zero-order valence-corrected chi connectivity index (χ0v) is 24.5. The van der Waals surface area contributed by atoms with Gasteiger partial charge < -0.3 is 15.4 Å². The molecule has 0 saturated carbocycles. The molecule has 1 aliphatic heterocycles. The third-order valence-electron chi connectivity index (χ3n) is 6.00. The van der Waals surface area contributed by atoms with Crippen LogP contribution in [-0.2, 0) is 16.2 Å². The average Bonchev–Trinajstić information content (AvgIpc) is 3.16. The van der Waals surface area contributed by atoms with Crippen LogP contribution in [0.2, 0.25) is 0 Å². The Balaban J connectivity index is 1.28. The molecule has 2 N–H and O–H groups in total. The van der Waals surface area contributed by atoms with E-state index in [4.69, 9.17) is 4.74 Å². The first kappa shape index (κ1) is 27.1. The molecular weight excluding hydrogens is 727 g/mol. The van der Waals surface area contributed by atoms with Crippen LogP contribution in [0.15, 0.2) is 84.6 Å². The van der Waals surface area contributed by atoms with Crippen LogP contribution in [-0.4, -0.2) is 29.3 Å². The molecule has 0 radical (unpaired) electrons. The van der Waals surface area contributed by atoms with Gasteiger partial charge in [-0.3, -0.25) is 9.59 Å². The number of para-hydroxylation sites is 1. The van der Waals surface area contributed by atoms with Crippen molar-refractivity contribution in [3.8, 4) is 5.75 Å². The highest BCUT2D eigenvalue weighted by atomic mass is 127. The van der Waals surface area contributed by atoms with E-state index >= 15 is 0 Å². The van der Waals surface area contributed by atoms with Crippen molar-refractivity contribution in [1.82, 2.24) is 10.2 Å². The second-order valence-electron chi connectivity index (χ2n) is 8.65. The van der Waals surface area contributed by atoms with Crippen LogP contribution in [0, 0.1) is 13.0 Å². The van der Waals surface area contributed by atoms with E-state index in [-0.39, 0.29) is 11.4 Å². The summed E-state index contributed by atoms with van der Waals surface area (Å²) in [6, 6.07) is 22.9. The maximum Gasteiger partial charge on any atom is 0.329 e. The van der Waals surface area contributed by atoms with E-state index in [0.29, 0.717) is 12.2 Å². The van der Waals surface area contributed by atoms with Crippen molar-refractivity contribution in [2.24, 2.45) is 0 Å². The van der Waals surface area contributed by atoms with Gasteiger partial charge in [0.1, 0.15) is 30.4 Å². The SMILES string of the molecule is O=C(CN1C(=O)N/C(=C/c2cc(I)c(OCc3cccc4ccccc34)c(I)c2)C1=O)Nc1ccccc1F. The first-order valence-electron chi connectivity index (χ1n) is 11.8. The molecule has 4 aromatic carbocycles. The standard InChI is InChI=1S/C29H20FI2N3O4/c30-21-10-3-4-11-24(21)33-26(36)15-35-28(37)25(34-29(35)38)14-17-12-22(31)27(23(32)13-17)39-16-19-8-5-7-18-6-1-2-9-20(18)19/h1-14H,15-16H2,(H,33,36)(H,34,38)/b25-14+. The highest BCUT2D eigenvalue weighted by molar-refractivity contribution is 14.1. The van der Waals surface area contributed by atoms with Gasteiger partial charge in [0.25, 0.3) is 5.91 Å². The summed E-state index contributed by atoms with van der Waals surface area (Å²) >= 11 is 4.35. The number of fused-ring (bicyclic) bond motifs is 1. The normalized spacial score (nSPS) is 14.1. The van der Waals surface area contributed by atoms with E-state index in [2.05, 4.69) is 74.0 Å². The molecular formula is C29H20FI2N3O4. The lowest BCUT2D eigenvalue weighted by atomic mass is 10.1. The van der Waals surface area contributed by atoms with Gasteiger partial charge in [0, 0.05) is 0 Å². The fourth-order valence-corrected chi connectivity index (χ4v) is 6.27. The molecule has 0 unspecified atom stereocenters. The minimum absolute atomic E-state index is 0.0303. The third-order valence-corrected chi connectivity index (χ3v) is 7.60. The number of imide groups is 1. The molecule has 1 saturated heterocycles. The molecule has 4 amide bonds. The Morgan fingerprint density at radius 1 is 0.974 bits per heavy atom. The number of rotatable bonds is 7. The Bertz CT molecular complexity index is 1630. The number of anilines is 1. The lowest BCUT2D eigenvalue weighted by Crippen LogP contribution is -2.38. The van der Waals surface area contributed by atoms with Gasteiger partial charge in [-0.15, -0.1) is 0 Å². The number of carbonyl (C=O) groups is 3. The number of halogens is 3. The number of benzene rings is 4. The molecule has 0 aliphatic carbocycles. The topological polar surface area (TPSA) is 87.7 Å². The first-order chi connectivity index (χ1) is 18.8. The summed E-state index contributed by atoms with van der Waals surface area (Å²) in [5.74, 6) is -1.23. The summed E-state index contributed by atoms with van der Waals surface area (Å²) in [6.07, 6.45) is 1.55. The lowest BCUT2D eigenvalue weighted by Gasteiger charge is -2.13.